The number of nitrogens with one attached hydrogen (secondary N) is 1. The van der Waals surface area contributed by atoms with Crippen molar-refractivity contribution in [3.63, 3.8) is 0 Å². The number of benzene rings is 1. The Morgan fingerprint density at radius 3 is 2.70 bits per heavy atom. The lowest BCUT2D eigenvalue weighted by Crippen LogP contribution is -2.43. The zero-order valence-corrected chi connectivity index (χ0v) is 11.7. The summed E-state index contributed by atoms with van der Waals surface area (Å²) < 4.78 is 18.8. The van der Waals surface area contributed by atoms with Gasteiger partial charge in [0.15, 0.2) is 11.6 Å². The number of hydrogen-bond acceptors (Lipinski definition) is 3. The fourth-order valence-electron chi connectivity index (χ4n) is 2.90. The van der Waals surface area contributed by atoms with Crippen LogP contribution in [0.15, 0.2) is 18.2 Å². The van der Waals surface area contributed by atoms with Gasteiger partial charge in [0.05, 0.1) is 13.2 Å². The monoisotopic (exact) mass is 278 g/mol. The van der Waals surface area contributed by atoms with Gasteiger partial charge < -0.3 is 9.64 Å². The van der Waals surface area contributed by atoms with Crippen molar-refractivity contribution in [1.82, 2.24) is 10.2 Å². The van der Waals surface area contributed by atoms with Crippen molar-refractivity contribution >= 4 is 5.91 Å². The topological polar surface area (TPSA) is 41.6 Å². The lowest BCUT2D eigenvalue weighted by Gasteiger charge is -2.38. The molecule has 1 aliphatic carbocycles. The van der Waals surface area contributed by atoms with E-state index in [-0.39, 0.29) is 29.9 Å². The van der Waals surface area contributed by atoms with Gasteiger partial charge in [-0.2, -0.15) is 0 Å². The first-order valence-electron chi connectivity index (χ1n) is 7.03. The molecular weight excluding hydrogens is 259 g/mol. The molecule has 0 aromatic heterocycles. The molecular formula is C15H19FN2O2. The molecule has 108 valence electrons. The van der Waals surface area contributed by atoms with Crippen molar-refractivity contribution in [3.8, 4) is 5.75 Å². The first kappa shape index (κ1) is 13.4. The number of nitrogens with zero attached hydrogens (tertiary/aromatic N) is 1. The molecule has 2 fully saturated rings. The number of ether oxygens (including phenoxy) is 1. The molecule has 1 saturated carbocycles. The summed E-state index contributed by atoms with van der Waals surface area (Å²) in [6.07, 6.45) is 3.00. The van der Waals surface area contributed by atoms with Gasteiger partial charge in [-0.05, 0) is 43.9 Å². The second kappa shape index (κ2) is 5.05. The highest BCUT2D eigenvalue weighted by atomic mass is 19.1. The van der Waals surface area contributed by atoms with Crippen LogP contribution in [0.5, 0.6) is 5.75 Å². The van der Waals surface area contributed by atoms with Gasteiger partial charge in [0.1, 0.15) is 6.17 Å². The number of amides is 1. The Kier molecular flexibility index (Phi) is 3.38. The van der Waals surface area contributed by atoms with E-state index in [0.717, 1.165) is 24.8 Å². The summed E-state index contributed by atoms with van der Waals surface area (Å²) in [7, 11) is 1.44. The van der Waals surface area contributed by atoms with Crippen LogP contribution in [0.4, 0.5) is 4.39 Å². The predicted octanol–water partition coefficient (Wildman–Crippen LogP) is 2.21. The van der Waals surface area contributed by atoms with E-state index in [1.165, 1.54) is 13.2 Å². The molecule has 0 radical (unpaired) electrons. The molecule has 1 aliphatic heterocycles. The van der Waals surface area contributed by atoms with Crippen LogP contribution in [-0.2, 0) is 4.79 Å². The van der Waals surface area contributed by atoms with Crippen LogP contribution in [0.25, 0.3) is 0 Å². The molecule has 20 heavy (non-hydrogen) atoms. The van der Waals surface area contributed by atoms with E-state index in [1.54, 1.807) is 6.07 Å². The Hall–Kier alpha value is -1.62. The van der Waals surface area contributed by atoms with Gasteiger partial charge in [0.25, 0.3) is 0 Å². The van der Waals surface area contributed by atoms with Crippen LogP contribution >= 0.6 is 0 Å². The van der Waals surface area contributed by atoms with Crippen LogP contribution in [0, 0.1) is 5.82 Å². The van der Waals surface area contributed by atoms with Gasteiger partial charge in [-0.25, -0.2) is 4.39 Å². The zero-order chi connectivity index (χ0) is 14.3. The van der Waals surface area contributed by atoms with Gasteiger partial charge in [0, 0.05) is 6.04 Å². The molecule has 1 N–H and O–H groups in total. The number of hydrogen-bond donors (Lipinski definition) is 1. The Balaban J connectivity index is 1.91. The number of methoxy groups -OCH3 is 1. The molecule has 1 heterocycles. The summed E-state index contributed by atoms with van der Waals surface area (Å²) in [5.74, 6) is -0.0652. The van der Waals surface area contributed by atoms with Crippen molar-refractivity contribution in [2.45, 2.75) is 44.4 Å². The smallest absolute Gasteiger partial charge is 0.241 e. The third-order valence-electron chi connectivity index (χ3n) is 4.27. The van der Waals surface area contributed by atoms with Crippen molar-refractivity contribution < 1.29 is 13.9 Å². The first-order chi connectivity index (χ1) is 9.61. The van der Waals surface area contributed by atoms with Crippen LogP contribution in [0.1, 0.15) is 37.9 Å². The maximum absolute atomic E-state index is 13.9. The van der Waals surface area contributed by atoms with Crippen molar-refractivity contribution in [3.05, 3.63) is 29.6 Å². The number of carbonyl (C=O) groups is 1. The molecule has 2 unspecified atom stereocenters. The van der Waals surface area contributed by atoms with Crippen molar-refractivity contribution in [2.75, 3.05) is 7.11 Å². The van der Waals surface area contributed by atoms with Gasteiger partial charge in [0.2, 0.25) is 5.91 Å². The number of carbonyl (C=O) groups excluding carboxylic acids is 1. The molecule has 0 spiro atoms. The molecule has 5 heteroatoms. The molecule has 0 bridgehead atoms. The lowest BCUT2D eigenvalue weighted by molar-refractivity contribution is -0.133. The highest BCUT2D eigenvalue weighted by Crippen LogP contribution is 2.36. The Morgan fingerprint density at radius 2 is 2.15 bits per heavy atom. The second-order valence-corrected chi connectivity index (χ2v) is 5.52. The quantitative estimate of drug-likeness (QED) is 0.921. The highest BCUT2D eigenvalue weighted by molar-refractivity contribution is 5.84. The molecule has 1 aromatic carbocycles. The summed E-state index contributed by atoms with van der Waals surface area (Å²) in [6, 6.07) is 4.95. The maximum atomic E-state index is 13.9. The maximum Gasteiger partial charge on any atom is 0.241 e. The number of halogens is 1. The summed E-state index contributed by atoms with van der Waals surface area (Å²) >= 11 is 0. The van der Waals surface area contributed by atoms with Gasteiger partial charge in [-0.1, -0.05) is 6.07 Å². The Labute approximate surface area is 117 Å². The number of rotatable bonds is 3. The normalized spacial score (nSPS) is 26.8. The molecule has 1 amide bonds. The fraction of sp³-hybridized carbons (Fsp3) is 0.533. The second-order valence-electron chi connectivity index (χ2n) is 5.52. The third kappa shape index (κ3) is 2.06. The van der Waals surface area contributed by atoms with Gasteiger partial charge in [-0.15, -0.1) is 0 Å². The summed E-state index contributed by atoms with van der Waals surface area (Å²) in [4.78, 5) is 14.2. The van der Waals surface area contributed by atoms with E-state index >= 15 is 0 Å². The van der Waals surface area contributed by atoms with E-state index in [9.17, 15) is 9.18 Å². The molecule has 2 atom stereocenters. The van der Waals surface area contributed by atoms with E-state index in [0.29, 0.717) is 0 Å². The zero-order valence-electron chi connectivity index (χ0n) is 11.7. The minimum Gasteiger partial charge on any atom is -0.494 e. The SMILES string of the molecule is COc1ccc(C2NC(C)C(=O)N2C2CCC2)cc1F. The average molecular weight is 278 g/mol. The molecule has 4 nitrogen and oxygen atoms in total. The largest absolute Gasteiger partial charge is 0.494 e. The third-order valence-corrected chi connectivity index (χ3v) is 4.27. The summed E-state index contributed by atoms with van der Waals surface area (Å²) in [6.45, 7) is 1.86. The van der Waals surface area contributed by atoms with Crippen LogP contribution in [0.3, 0.4) is 0 Å². The van der Waals surface area contributed by atoms with Crippen LogP contribution < -0.4 is 10.1 Å². The van der Waals surface area contributed by atoms with E-state index in [4.69, 9.17) is 4.74 Å². The van der Waals surface area contributed by atoms with E-state index < -0.39 is 5.82 Å². The van der Waals surface area contributed by atoms with Crippen molar-refractivity contribution in [2.24, 2.45) is 0 Å². The minimum atomic E-state index is -0.396. The summed E-state index contributed by atoms with van der Waals surface area (Å²) in [5, 5.41) is 3.25. The Bertz CT molecular complexity index is 531. The predicted molar refractivity (Wildman–Crippen MR) is 72.8 cm³/mol. The van der Waals surface area contributed by atoms with Gasteiger partial charge >= 0.3 is 0 Å². The molecule has 3 rings (SSSR count). The first-order valence-corrected chi connectivity index (χ1v) is 7.03. The van der Waals surface area contributed by atoms with Crippen LogP contribution in [-0.4, -0.2) is 30.0 Å². The minimum absolute atomic E-state index is 0.107. The molecule has 1 saturated heterocycles. The van der Waals surface area contributed by atoms with E-state index in [2.05, 4.69) is 5.32 Å². The Morgan fingerprint density at radius 1 is 1.40 bits per heavy atom. The molecule has 2 aliphatic rings. The standard InChI is InChI=1S/C15H19FN2O2/c1-9-15(19)18(11-4-3-5-11)14(17-9)10-6-7-13(20-2)12(16)8-10/h6-9,11,14,17H,3-5H2,1-2H3. The van der Waals surface area contributed by atoms with Gasteiger partial charge in [-0.3, -0.25) is 10.1 Å². The average Bonchev–Trinajstić information content (AvgIpc) is 2.65. The van der Waals surface area contributed by atoms with E-state index in [1.807, 2.05) is 17.9 Å². The van der Waals surface area contributed by atoms with Crippen LogP contribution in [0.2, 0.25) is 0 Å². The molecule has 1 aromatic rings. The van der Waals surface area contributed by atoms with Crippen molar-refractivity contribution in [1.29, 1.82) is 0 Å². The summed E-state index contributed by atoms with van der Waals surface area (Å²) in [5.41, 5.74) is 0.771. The highest BCUT2D eigenvalue weighted by Gasteiger charge is 2.42. The fourth-order valence-corrected chi connectivity index (χ4v) is 2.90. The lowest BCUT2D eigenvalue weighted by atomic mass is 9.90.